The van der Waals surface area contributed by atoms with Crippen molar-refractivity contribution in [1.29, 1.82) is 0 Å². The van der Waals surface area contributed by atoms with Crippen molar-refractivity contribution < 1.29 is 27.1 Å². The maximum absolute atomic E-state index is 14.0. The normalized spacial score (nSPS) is 12.3. The molecule has 9 heteroatoms. The number of nitrogens with one attached hydrogen (secondary N) is 2. The summed E-state index contributed by atoms with van der Waals surface area (Å²) in [5, 5.41) is 2.59. The Bertz CT molecular complexity index is 932. The number of ether oxygens (including phenoxy) is 1. The molecule has 0 aliphatic heterocycles. The lowest BCUT2D eigenvalue weighted by Crippen LogP contribution is -2.32. The minimum Gasteiger partial charge on any atom is -0.449 e. The summed E-state index contributed by atoms with van der Waals surface area (Å²) in [5.74, 6) is -2.65. The number of carbonyl (C=O) groups excluding carboxylic acids is 2. The van der Waals surface area contributed by atoms with Gasteiger partial charge in [-0.15, -0.1) is 0 Å². The number of esters is 1. The molecule has 7 nitrogen and oxygen atoms in total. The first-order chi connectivity index (χ1) is 12.8. The van der Waals surface area contributed by atoms with Crippen LogP contribution in [-0.2, 0) is 19.6 Å². The third-order valence-electron chi connectivity index (χ3n) is 3.69. The molecule has 144 valence electrons. The van der Waals surface area contributed by atoms with E-state index in [4.69, 9.17) is 4.74 Å². The van der Waals surface area contributed by atoms with Crippen LogP contribution in [0.25, 0.3) is 0 Å². The lowest BCUT2D eigenvalue weighted by molar-refractivity contribution is -0.124. The molecule has 27 heavy (non-hydrogen) atoms. The molecular weight excluding hydrogens is 375 g/mol. The Labute approximate surface area is 156 Å². The highest BCUT2D eigenvalue weighted by Crippen LogP contribution is 2.17. The van der Waals surface area contributed by atoms with Crippen LogP contribution in [0.4, 0.5) is 10.1 Å². The molecule has 2 aromatic carbocycles. The summed E-state index contributed by atoms with van der Waals surface area (Å²) in [6.45, 7) is 1.63. The summed E-state index contributed by atoms with van der Waals surface area (Å²) < 4.78 is 44.8. The van der Waals surface area contributed by atoms with Crippen LogP contribution in [0.2, 0.25) is 0 Å². The molecule has 0 radical (unpaired) electrons. The van der Waals surface area contributed by atoms with E-state index in [2.05, 4.69) is 10.0 Å². The molecule has 2 N–H and O–H groups in total. The fraction of sp³-hybridized carbons (Fsp3) is 0.222. The lowest BCUT2D eigenvalue weighted by Gasteiger charge is -2.16. The molecule has 2 aromatic rings. The van der Waals surface area contributed by atoms with Crippen LogP contribution in [0.15, 0.2) is 53.4 Å². The van der Waals surface area contributed by atoms with Gasteiger partial charge in [-0.1, -0.05) is 25.1 Å². The number of para-hydroxylation sites is 1. The zero-order chi connectivity index (χ0) is 20.0. The molecule has 0 aromatic heterocycles. The van der Waals surface area contributed by atoms with Crippen LogP contribution in [-0.4, -0.2) is 33.4 Å². The van der Waals surface area contributed by atoms with E-state index in [0.717, 1.165) is 18.2 Å². The maximum atomic E-state index is 14.0. The number of carbonyl (C=O) groups is 2. The van der Waals surface area contributed by atoms with Gasteiger partial charge >= 0.3 is 5.97 Å². The van der Waals surface area contributed by atoms with Crippen molar-refractivity contribution in [3.8, 4) is 0 Å². The fourth-order valence-electron chi connectivity index (χ4n) is 2.20. The van der Waals surface area contributed by atoms with E-state index in [1.54, 1.807) is 37.3 Å². The zero-order valence-corrected chi connectivity index (χ0v) is 15.5. The summed E-state index contributed by atoms with van der Waals surface area (Å²) in [4.78, 5) is 24.3. The standard InChI is InChI=1S/C18H19FN2O5S/c1-3-16(17(22)21-12-7-5-4-6-8-12)26-18(23)14-11-13(9-10-15(14)19)27(24,25)20-2/h4-11,16,20H,3H2,1-2H3,(H,21,22). The number of hydrogen-bond acceptors (Lipinski definition) is 5. The number of benzene rings is 2. The van der Waals surface area contributed by atoms with Crippen LogP contribution in [0.3, 0.4) is 0 Å². The highest BCUT2D eigenvalue weighted by molar-refractivity contribution is 7.89. The quantitative estimate of drug-likeness (QED) is 0.702. The van der Waals surface area contributed by atoms with Gasteiger partial charge in [-0.05, 0) is 43.8 Å². The summed E-state index contributed by atoms with van der Waals surface area (Å²) >= 11 is 0. The van der Waals surface area contributed by atoms with E-state index in [0.29, 0.717) is 5.69 Å². The Balaban J connectivity index is 2.19. The predicted octanol–water partition coefficient (Wildman–Crippen LogP) is 2.31. The van der Waals surface area contributed by atoms with Crippen molar-refractivity contribution in [2.45, 2.75) is 24.3 Å². The molecule has 0 saturated carbocycles. The summed E-state index contributed by atoms with van der Waals surface area (Å²) in [6.07, 6.45) is -1.01. The molecule has 0 saturated heterocycles. The van der Waals surface area contributed by atoms with Gasteiger partial charge in [0.1, 0.15) is 5.82 Å². The van der Waals surface area contributed by atoms with Crippen LogP contribution >= 0.6 is 0 Å². The van der Waals surface area contributed by atoms with Gasteiger partial charge in [0.25, 0.3) is 5.91 Å². The smallest absolute Gasteiger partial charge is 0.341 e. The molecule has 1 unspecified atom stereocenters. The number of amides is 1. The topological polar surface area (TPSA) is 102 Å². The minimum atomic E-state index is -3.87. The largest absolute Gasteiger partial charge is 0.449 e. The summed E-state index contributed by atoms with van der Waals surface area (Å²) in [5.41, 5.74) is -0.0532. The second-order valence-electron chi connectivity index (χ2n) is 5.51. The first-order valence-corrected chi connectivity index (χ1v) is 9.56. The highest BCUT2D eigenvalue weighted by Gasteiger charge is 2.25. The Kier molecular flexibility index (Phi) is 6.65. The van der Waals surface area contributed by atoms with Crippen LogP contribution in [0, 0.1) is 5.82 Å². The molecule has 0 spiro atoms. The second kappa shape index (κ2) is 8.74. The zero-order valence-electron chi connectivity index (χ0n) is 14.7. The Morgan fingerprint density at radius 3 is 2.41 bits per heavy atom. The SMILES string of the molecule is CCC(OC(=O)c1cc(S(=O)(=O)NC)ccc1F)C(=O)Nc1ccccc1. The minimum absolute atomic E-state index is 0.153. The van der Waals surface area contributed by atoms with Gasteiger partial charge in [0.2, 0.25) is 10.0 Å². The van der Waals surface area contributed by atoms with Gasteiger partial charge in [-0.25, -0.2) is 22.3 Å². The molecule has 0 fully saturated rings. The van der Waals surface area contributed by atoms with Crippen molar-refractivity contribution in [2.24, 2.45) is 0 Å². The van der Waals surface area contributed by atoms with E-state index in [9.17, 15) is 22.4 Å². The molecule has 0 bridgehead atoms. The summed E-state index contributed by atoms with van der Waals surface area (Å²) in [6, 6.07) is 11.3. The average Bonchev–Trinajstić information content (AvgIpc) is 2.66. The Hall–Kier alpha value is -2.78. The van der Waals surface area contributed by atoms with Gasteiger partial charge in [0.05, 0.1) is 10.5 Å². The Morgan fingerprint density at radius 2 is 1.81 bits per heavy atom. The van der Waals surface area contributed by atoms with E-state index in [-0.39, 0.29) is 11.3 Å². The van der Waals surface area contributed by atoms with Gasteiger partial charge in [0.15, 0.2) is 6.10 Å². The molecule has 0 heterocycles. The van der Waals surface area contributed by atoms with E-state index in [1.807, 2.05) is 0 Å². The third kappa shape index (κ3) is 5.11. The highest BCUT2D eigenvalue weighted by atomic mass is 32.2. The number of anilines is 1. The van der Waals surface area contributed by atoms with Gasteiger partial charge in [-0.3, -0.25) is 4.79 Å². The molecular formula is C18H19FN2O5S. The first-order valence-electron chi connectivity index (χ1n) is 8.08. The lowest BCUT2D eigenvalue weighted by atomic mass is 10.2. The number of hydrogen-bond donors (Lipinski definition) is 2. The summed E-state index contributed by atoms with van der Waals surface area (Å²) in [7, 11) is -2.67. The fourth-order valence-corrected chi connectivity index (χ4v) is 2.96. The second-order valence-corrected chi connectivity index (χ2v) is 7.39. The van der Waals surface area contributed by atoms with Gasteiger partial charge in [0, 0.05) is 5.69 Å². The average molecular weight is 394 g/mol. The number of halogens is 1. The van der Waals surface area contributed by atoms with Crippen molar-refractivity contribution in [2.75, 3.05) is 12.4 Å². The van der Waals surface area contributed by atoms with Crippen LogP contribution < -0.4 is 10.0 Å². The number of sulfonamides is 1. The Morgan fingerprint density at radius 1 is 1.15 bits per heavy atom. The van der Waals surface area contributed by atoms with Crippen molar-refractivity contribution >= 4 is 27.6 Å². The molecule has 2 rings (SSSR count). The first kappa shape index (κ1) is 20.5. The third-order valence-corrected chi connectivity index (χ3v) is 5.10. The van der Waals surface area contributed by atoms with Crippen molar-refractivity contribution in [1.82, 2.24) is 4.72 Å². The van der Waals surface area contributed by atoms with Gasteiger partial charge in [-0.2, -0.15) is 0 Å². The van der Waals surface area contributed by atoms with E-state index >= 15 is 0 Å². The molecule has 0 aliphatic carbocycles. The van der Waals surface area contributed by atoms with E-state index in [1.165, 1.54) is 7.05 Å². The molecule has 1 amide bonds. The van der Waals surface area contributed by atoms with Crippen molar-refractivity contribution in [3.63, 3.8) is 0 Å². The maximum Gasteiger partial charge on any atom is 0.341 e. The predicted molar refractivity (Wildman–Crippen MR) is 97.2 cm³/mol. The number of rotatable bonds is 7. The molecule has 0 aliphatic rings. The van der Waals surface area contributed by atoms with Crippen molar-refractivity contribution in [3.05, 3.63) is 59.9 Å². The van der Waals surface area contributed by atoms with Crippen LogP contribution in [0.1, 0.15) is 23.7 Å². The van der Waals surface area contributed by atoms with Crippen LogP contribution in [0.5, 0.6) is 0 Å². The molecule has 1 atom stereocenters. The van der Waals surface area contributed by atoms with Gasteiger partial charge < -0.3 is 10.1 Å². The monoisotopic (exact) mass is 394 g/mol. The van der Waals surface area contributed by atoms with E-state index < -0.39 is 39.4 Å².